The lowest BCUT2D eigenvalue weighted by molar-refractivity contribution is 1.53. The second-order valence-corrected chi connectivity index (χ2v) is 4.02. The van der Waals surface area contributed by atoms with Gasteiger partial charge in [0.1, 0.15) is 5.40 Å². The van der Waals surface area contributed by atoms with E-state index < -0.39 is 0 Å². The molecule has 0 unspecified atom stereocenters. The van der Waals surface area contributed by atoms with Gasteiger partial charge in [-0.05, 0) is 29.3 Å². The summed E-state index contributed by atoms with van der Waals surface area (Å²) in [6, 6.07) is 11.6. The van der Waals surface area contributed by atoms with Crippen LogP contribution in [0.3, 0.4) is 0 Å². The van der Waals surface area contributed by atoms with E-state index in [1.165, 1.54) is 0 Å². The van der Waals surface area contributed by atoms with E-state index in [-0.39, 0.29) is 0 Å². The zero-order valence-electron chi connectivity index (χ0n) is 7.20. The number of nitrogens with zero attached hydrogens (tertiary/aromatic N) is 1. The first-order valence-electron chi connectivity index (χ1n) is 4.06. The third kappa shape index (κ3) is 1.57. The summed E-state index contributed by atoms with van der Waals surface area (Å²) in [5.41, 5.74) is 0. The molecule has 0 saturated carbocycles. The Morgan fingerprint density at radius 2 is 1.86 bits per heavy atom. The highest BCUT2D eigenvalue weighted by Crippen LogP contribution is 2.32. The Balaban J connectivity index is 2.79. The number of thiocyanates is 1. The Morgan fingerprint density at radius 1 is 1.14 bits per heavy atom. The average Bonchev–Trinajstić information content (AvgIpc) is 2.19. The highest BCUT2D eigenvalue weighted by molar-refractivity contribution is 8.04. The molecule has 0 aliphatic carbocycles. The molecule has 2 aromatic carbocycles. The summed E-state index contributed by atoms with van der Waals surface area (Å²) in [6.07, 6.45) is 0. The molecule has 14 heavy (non-hydrogen) atoms. The van der Waals surface area contributed by atoms with Gasteiger partial charge in [0.05, 0.1) is 0 Å². The molecule has 3 heteroatoms. The summed E-state index contributed by atoms with van der Waals surface area (Å²) < 4.78 is 0. The van der Waals surface area contributed by atoms with Crippen LogP contribution in [0.1, 0.15) is 0 Å². The maximum Gasteiger partial charge on any atom is 0.138 e. The number of hydrogen-bond donors (Lipinski definition) is 0. The molecule has 0 aliphatic rings. The predicted molar refractivity (Wildman–Crippen MR) is 60.4 cm³/mol. The molecule has 0 fully saturated rings. The molecule has 2 aromatic rings. The van der Waals surface area contributed by atoms with E-state index in [2.05, 4.69) is 5.40 Å². The largest absolute Gasteiger partial charge is 0.185 e. The number of fused-ring (bicyclic) bond motifs is 1. The molecule has 0 saturated heterocycles. The first-order valence-corrected chi connectivity index (χ1v) is 5.25. The van der Waals surface area contributed by atoms with Gasteiger partial charge >= 0.3 is 0 Å². The first kappa shape index (κ1) is 9.39. The maximum atomic E-state index is 8.64. The van der Waals surface area contributed by atoms with Crippen molar-refractivity contribution in [1.82, 2.24) is 0 Å². The minimum absolute atomic E-state index is 0.695. The SMILES string of the molecule is N#CSc1cccc2cccc(Cl)c12. The van der Waals surface area contributed by atoms with E-state index in [1.807, 2.05) is 36.4 Å². The Labute approximate surface area is 91.3 Å². The van der Waals surface area contributed by atoms with Crippen molar-refractivity contribution in [3.05, 3.63) is 41.4 Å². The fourth-order valence-corrected chi connectivity index (χ4v) is 2.31. The molecule has 2 rings (SSSR count). The zero-order chi connectivity index (χ0) is 9.97. The molecular weight excluding hydrogens is 214 g/mol. The molecular formula is C11H6ClNS. The number of halogens is 1. The minimum atomic E-state index is 0.695. The average molecular weight is 220 g/mol. The molecule has 0 radical (unpaired) electrons. The van der Waals surface area contributed by atoms with Crippen LogP contribution in [0, 0.1) is 10.7 Å². The molecule has 0 aromatic heterocycles. The molecule has 0 aliphatic heterocycles. The Morgan fingerprint density at radius 3 is 2.57 bits per heavy atom. The van der Waals surface area contributed by atoms with Crippen molar-refractivity contribution in [2.45, 2.75) is 4.90 Å². The van der Waals surface area contributed by atoms with E-state index in [1.54, 1.807) is 0 Å². The summed E-state index contributed by atoms with van der Waals surface area (Å²) in [6.45, 7) is 0. The highest BCUT2D eigenvalue weighted by atomic mass is 35.5. The van der Waals surface area contributed by atoms with Crippen molar-refractivity contribution in [2.75, 3.05) is 0 Å². The number of benzene rings is 2. The first-order chi connectivity index (χ1) is 6.83. The van der Waals surface area contributed by atoms with Gasteiger partial charge in [-0.15, -0.1) is 0 Å². The molecule has 0 amide bonds. The summed E-state index contributed by atoms with van der Waals surface area (Å²) in [5.74, 6) is 0. The second kappa shape index (κ2) is 3.91. The van der Waals surface area contributed by atoms with Crippen LogP contribution in [0.5, 0.6) is 0 Å². The molecule has 0 heterocycles. The van der Waals surface area contributed by atoms with Crippen molar-refractivity contribution >= 4 is 34.1 Å². The van der Waals surface area contributed by atoms with Crippen LogP contribution in [0.15, 0.2) is 41.3 Å². The third-order valence-electron chi connectivity index (χ3n) is 1.97. The predicted octanol–water partition coefficient (Wildman–Crippen LogP) is 4.07. The van der Waals surface area contributed by atoms with E-state index in [0.717, 1.165) is 27.4 Å². The fourth-order valence-electron chi connectivity index (χ4n) is 1.40. The van der Waals surface area contributed by atoms with Crippen molar-refractivity contribution in [2.24, 2.45) is 0 Å². The fraction of sp³-hybridized carbons (Fsp3) is 0. The monoisotopic (exact) mass is 219 g/mol. The van der Waals surface area contributed by atoms with Gasteiger partial charge in [-0.2, -0.15) is 5.26 Å². The van der Waals surface area contributed by atoms with Gasteiger partial charge in [-0.1, -0.05) is 35.9 Å². The molecule has 1 nitrogen and oxygen atoms in total. The Kier molecular flexibility index (Phi) is 2.62. The minimum Gasteiger partial charge on any atom is -0.185 e. The van der Waals surface area contributed by atoms with Gasteiger partial charge in [0, 0.05) is 15.3 Å². The van der Waals surface area contributed by atoms with Gasteiger partial charge in [0.2, 0.25) is 0 Å². The lowest BCUT2D eigenvalue weighted by Gasteiger charge is -2.03. The smallest absolute Gasteiger partial charge is 0.138 e. The lowest BCUT2D eigenvalue weighted by Crippen LogP contribution is -1.77. The third-order valence-corrected chi connectivity index (χ3v) is 2.94. The molecule has 68 valence electrons. The Hall–Kier alpha value is -1.17. The van der Waals surface area contributed by atoms with E-state index in [0.29, 0.717) is 5.02 Å². The van der Waals surface area contributed by atoms with Crippen LogP contribution in [0.4, 0.5) is 0 Å². The van der Waals surface area contributed by atoms with Crippen LogP contribution in [0.2, 0.25) is 5.02 Å². The highest BCUT2D eigenvalue weighted by Gasteiger charge is 2.04. The summed E-state index contributed by atoms with van der Waals surface area (Å²) >= 11 is 7.22. The Bertz CT molecular complexity index is 511. The normalized spacial score (nSPS) is 10.0. The van der Waals surface area contributed by atoms with Gasteiger partial charge in [0.15, 0.2) is 0 Å². The number of rotatable bonds is 1. The molecule has 0 atom stereocenters. The second-order valence-electron chi connectivity index (χ2n) is 2.79. The lowest BCUT2D eigenvalue weighted by atomic mass is 10.1. The van der Waals surface area contributed by atoms with E-state index >= 15 is 0 Å². The summed E-state index contributed by atoms with van der Waals surface area (Å²) in [7, 11) is 0. The van der Waals surface area contributed by atoms with Crippen LogP contribution >= 0.6 is 23.4 Å². The van der Waals surface area contributed by atoms with Crippen LogP contribution in [-0.2, 0) is 0 Å². The number of nitriles is 1. The quantitative estimate of drug-likeness (QED) is 0.533. The van der Waals surface area contributed by atoms with Crippen molar-refractivity contribution in [3.63, 3.8) is 0 Å². The van der Waals surface area contributed by atoms with E-state index in [4.69, 9.17) is 16.9 Å². The molecule has 0 N–H and O–H groups in total. The molecule has 0 spiro atoms. The van der Waals surface area contributed by atoms with Crippen molar-refractivity contribution in [3.8, 4) is 5.40 Å². The van der Waals surface area contributed by atoms with Gasteiger partial charge in [-0.3, -0.25) is 0 Å². The van der Waals surface area contributed by atoms with Crippen molar-refractivity contribution in [1.29, 1.82) is 5.26 Å². The zero-order valence-corrected chi connectivity index (χ0v) is 8.77. The van der Waals surface area contributed by atoms with Crippen LogP contribution < -0.4 is 0 Å². The van der Waals surface area contributed by atoms with Gasteiger partial charge in [0.25, 0.3) is 0 Å². The van der Waals surface area contributed by atoms with Crippen LogP contribution in [0.25, 0.3) is 10.8 Å². The van der Waals surface area contributed by atoms with Crippen LogP contribution in [-0.4, -0.2) is 0 Å². The maximum absolute atomic E-state index is 8.64. The standard InChI is InChI=1S/C11H6ClNS/c12-9-5-1-3-8-4-2-6-10(11(8)9)14-7-13/h1-6H. The molecule has 0 bridgehead atoms. The van der Waals surface area contributed by atoms with Gasteiger partial charge in [-0.25, -0.2) is 0 Å². The van der Waals surface area contributed by atoms with Gasteiger partial charge < -0.3 is 0 Å². The van der Waals surface area contributed by atoms with Crippen molar-refractivity contribution < 1.29 is 0 Å². The summed E-state index contributed by atoms with van der Waals surface area (Å²) in [5, 5.41) is 13.4. The topological polar surface area (TPSA) is 23.8 Å². The number of hydrogen-bond acceptors (Lipinski definition) is 2. The summed E-state index contributed by atoms with van der Waals surface area (Å²) in [4.78, 5) is 0.913. The number of thioether (sulfide) groups is 1. The van der Waals surface area contributed by atoms with E-state index in [9.17, 15) is 0 Å².